The quantitative estimate of drug-likeness (QED) is 0.640. The highest BCUT2D eigenvalue weighted by atomic mass is 32.2. The number of piperidine rings is 1. The van der Waals surface area contributed by atoms with Crippen molar-refractivity contribution in [2.24, 2.45) is 17.3 Å². The van der Waals surface area contributed by atoms with Crippen LogP contribution in [0.5, 0.6) is 0 Å². The average molecular weight is 438 g/mol. The van der Waals surface area contributed by atoms with Gasteiger partial charge in [-0.1, -0.05) is 19.3 Å². The molecule has 4 rings (SSSR count). The molecule has 3 heterocycles. The maximum atomic E-state index is 13.4. The third-order valence-corrected chi connectivity index (χ3v) is 9.05. The number of thioether (sulfide) groups is 1. The fraction of sp³-hybridized carbons (Fsp3) is 0.913. The lowest BCUT2D eigenvalue weighted by molar-refractivity contribution is -0.144. The first kappa shape index (κ1) is 22.4. The van der Waals surface area contributed by atoms with E-state index in [-0.39, 0.29) is 29.3 Å². The van der Waals surface area contributed by atoms with Crippen molar-refractivity contribution >= 4 is 23.6 Å². The molecule has 2 N–H and O–H groups in total. The summed E-state index contributed by atoms with van der Waals surface area (Å²) in [7, 11) is 0. The highest BCUT2D eigenvalue weighted by Crippen LogP contribution is 2.44. The van der Waals surface area contributed by atoms with E-state index in [2.05, 4.69) is 10.6 Å². The van der Waals surface area contributed by atoms with Crippen LogP contribution in [0, 0.1) is 17.3 Å². The summed E-state index contributed by atoms with van der Waals surface area (Å²) < 4.78 is 6.23. The molecule has 0 bridgehead atoms. The summed E-state index contributed by atoms with van der Waals surface area (Å²) in [5, 5.41) is 6.51. The van der Waals surface area contributed by atoms with Crippen molar-refractivity contribution in [3.8, 4) is 0 Å². The molecule has 3 saturated heterocycles. The van der Waals surface area contributed by atoms with Gasteiger partial charge in [0.15, 0.2) is 0 Å². The summed E-state index contributed by atoms with van der Waals surface area (Å²) in [6.07, 6.45) is 9.33. The second-order valence-corrected chi connectivity index (χ2v) is 11.0. The van der Waals surface area contributed by atoms with E-state index in [0.717, 1.165) is 50.5 Å². The molecule has 170 valence electrons. The van der Waals surface area contributed by atoms with Crippen LogP contribution in [0.3, 0.4) is 0 Å². The molecule has 6 nitrogen and oxygen atoms in total. The summed E-state index contributed by atoms with van der Waals surface area (Å²) >= 11 is 1.87. The first-order valence-corrected chi connectivity index (χ1v) is 13.2. The van der Waals surface area contributed by atoms with Gasteiger partial charge in [0.05, 0.1) is 12.0 Å². The molecular formula is C23H39N3O3S. The van der Waals surface area contributed by atoms with Crippen LogP contribution in [-0.4, -0.2) is 73.2 Å². The molecule has 30 heavy (non-hydrogen) atoms. The molecule has 4 aliphatic rings. The maximum Gasteiger partial charge on any atom is 0.247 e. The lowest BCUT2D eigenvalue weighted by Crippen LogP contribution is -2.63. The molecule has 0 radical (unpaired) electrons. The summed E-state index contributed by atoms with van der Waals surface area (Å²) in [5.74, 6) is 2.58. The molecule has 1 unspecified atom stereocenters. The lowest BCUT2D eigenvalue weighted by Gasteiger charge is -2.43. The number of carbonyl (C=O) groups excluding carboxylic acids is 2. The van der Waals surface area contributed by atoms with Crippen molar-refractivity contribution in [3.05, 3.63) is 0 Å². The molecule has 4 fully saturated rings. The molecule has 1 saturated carbocycles. The predicted molar refractivity (Wildman–Crippen MR) is 120 cm³/mol. The van der Waals surface area contributed by atoms with Gasteiger partial charge in [0.2, 0.25) is 11.8 Å². The second kappa shape index (κ2) is 10.2. The second-order valence-electron chi connectivity index (χ2n) is 9.95. The third kappa shape index (κ3) is 4.99. The van der Waals surface area contributed by atoms with Crippen LogP contribution < -0.4 is 10.6 Å². The van der Waals surface area contributed by atoms with Crippen LogP contribution in [0.25, 0.3) is 0 Å². The summed E-state index contributed by atoms with van der Waals surface area (Å²) in [4.78, 5) is 28.6. The molecule has 0 aromatic heterocycles. The van der Waals surface area contributed by atoms with Crippen LogP contribution in [0.2, 0.25) is 0 Å². The predicted octanol–water partition coefficient (Wildman–Crippen LogP) is 2.42. The Morgan fingerprint density at radius 3 is 2.50 bits per heavy atom. The Morgan fingerprint density at radius 1 is 1.13 bits per heavy atom. The van der Waals surface area contributed by atoms with Gasteiger partial charge in [-0.3, -0.25) is 9.59 Å². The average Bonchev–Trinajstić information content (AvgIpc) is 3.23. The van der Waals surface area contributed by atoms with Crippen LogP contribution in [0.4, 0.5) is 0 Å². The summed E-state index contributed by atoms with van der Waals surface area (Å²) in [6, 6.07) is -0.574. The van der Waals surface area contributed by atoms with Crippen LogP contribution in [0.15, 0.2) is 0 Å². The van der Waals surface area contributed by atoms with Crippen LogP contribution in [0.1, 0.15) is 58.3 Å². The summed E-state index contributed by atoms with van der Waals surface area (Å²) in [6.45, 7) is 6.10. The van der Waals surface area contributed by atoms with E-state index in [1.807, 2.05) is 23.6 Å². The number of nitrogens with one attached hydrogen (secondary N) is 2. The fourth-order valence-electron chi connectivity index (χ4n) is 5.49. The highest BCUT2D eigenvalue weighted by Gasteiger charge is 2.51. The van der Waals surface area contributed by atoms with Gasteiger partial charge in [-0.05, 0) is 44.9 Å². The van der Waals surface area contributed by atoms with Gasteiger partial charge >= 0.3 is 0 Å². The standard InChI is InChI=1S/C23H39N3O3S/c1-17(29-12-18-8-4-2-5-9-18)20(22(28)26-10-6-3-7-11-26)25-21(27)19-13-30-16-23(19)14-24-15-23/h17-20,24H,2-16H2,1H3,(H,25,27)/t17-,19?,20+/m1/s1. The maximum absolute atomic E-state index is 13.4. The van der Waals surface area contributed by atoms with E-state index in [9.17, 15) is 9.59 Å². The molecule has 3 aliphatic heterocycles. The number of hydrogen-bond acceptors (Lipinski definition) is 5. The Morgan fingerprint density at radius 2 is 1.83 bits per heavy atom. The van der Waals surface area contributed by atoms with E-state index < -0.39 is 6.04 Å². The van der Waals surface area contributed by atoms with Gasteiger partial charge in [0.1, 0.15) is 6.04 Å². The Kier molecular flexibility index (Phi) is 7.63. The zero-order valence-corrected chi connectivity index (χ0v) is 19.3. The van der Waals surface area contributed by atoms with Crippen molar-refractivity contribution < 1.29 is 14.3 Å². The van der Waals surface area contributed by atoms with Gasteiger partial charge < -0.3 is 20.3 Å². The molecule has 2 amide bonds. The minimum atomic E-state index is -0.574. The number of amides is 2. The molecular weight excluding hydrogens is 398 g/mol. The molecule has 7 heteroatoms. The van der Waals surface area contributed by atoms with Gasteiger partial charge in [-0.25, -0.2) is 0 Å². The molecule has 0 aromatic carbocycles. The van der Waals surface area contributed by atoms with Crippen LogP contribution >= 0.6 is 11.8 Å². The molecule has 1 aliphatic carbocycles. The van der Waals surface area contributed by atoms with Gasteiger partial charge in [0.25, 0.3) is 0 Å². The normalized spacial score (nSPS) is 28.7. The number of likely N-dealkylation sites (tertiary alicyclic amines) is 1. The lowest BCUT2D eigenvalue weighted by atomic mass is 9.72. The van der Waals surface area contributed by atoms with Crippen LogP contribution in [-0.2, 0) is 14.3 Å². The number of ether oxygens (including phenoxy) is 1. The smallest absolute Gasteiger partial charge is 0.247 e. The minimum absolute atomic E-state index is 0.00838. The van der Waals surface area contributed by atoms with Gasteiger partial charge in [-0.15, -0.1) is 0 Å². The first-order valence-electron chi connectivity index (χ1n) is 12.1. The Balaban J connectivity index is 1.40. The number of hydrogen-bond donors (Lipinski definition) is 2. The van der Waals surface area contributed by atoms with Crippen molar-refractivity contribution in [2.45, 2.75) is 70.4 Å². The monoisotopic (exact) mass is 437 g/mol. The van der Waals surface area contributed by atoms with Crippen molar-refractivity contribution in [2.75, 3.05) is 44.3 Å². The topological polar surface area (TPSA) is 70.7 Å². The van der Waals surface area contributed by atoms with E-state index in [1.165, 1.54) is 38.5 Å². The zero-order chi connectivity index (χ0) is 21.0. The van der Waals surface area contributed by atoms with Crippen molar-refractivity contribution in [1.82, 2.24) is 15.5 Å². The molecule has 0 aromatic rings. The number of rotatable bonds is 7. The Hall–Kier alpha value is -0.790. The van der Waals surface area contributed by atoms with Gasteiger partial charge in [0, 0.05) is 49.7 Å². The Labute approximate surface area is 185 Å². The largest absolute Gasteiger partial charge is 0.376 e. The zero-order valence-electron chi connectivity index (χ0n) is 18.5. The van der Waals surface area contributed by atoms with Crippen molar-refractivity contribution in [3.63, 3.8) is 0 Å². The fourth-order valence-corrected chi connectivity index (χ4v) is 7.16. The molecule has 3 atom stereocenters. The number of carbonyl (C=O) groups is 2. The minimum Gasteiger partial charge on any atom is -0.376 e. The SMILES string of the molecule is C[C@@H](OCC1CCCCC1)[C@H](NC(=O)C1CSCC12CNC2)C(=O)N1CCCCC1. The van der Waals surface area contributed by atoms with E-state index in [0.29, 0.717) is 12.5 Å². The summed E-state index contributed by atoms with van der Waals surface area (Å²) in [5.41, 5.74) is 0.0830. The van der Waals surface area contributed by atoms with E-state index in [1.54, 1.807) is 0 Å². The number of nitrogens with zero attached hydrogens (tertiary/aromatic N) is 1. The highest BCUT2D eigenvalue weighted by molar-refractivity contribution is 7.99. The van der Waals surface area contributed by atoms with E-state index >= 15 is 0 Å². The van der Waals surface area contributed by atoms with Gasteiger partial charge in [-0.2, -0.15) is 11.8 Å². The first-order chi connectivity index (χ1) is 14.6. The molecule has 1 spiro atoms. The van der Waals surface area contributed by atoms with Crippen molar-refractivity contribution in [1.29, 1.82) is 0 Å². The Bertz CT molecular complexity index is 601. The third-order valence-electron chi connectivity index (χ3n) is 7.70. The van der Waals surface area contributed by atoms with E-state index in [4.69, 9.17) is 4.74 Å².